The van der Waals surface area contributed by atoms with Crippen LogP contribution in [0.3, 0.4) is 0 Å². The van der Waals surface area contributed by atoms with Crippen LogP contribution >= 0.6 is 0 Å². The van der Waals surface area contributed by atoms with Gasteiger partial charge >= 0.3 is 5.91 Å². The van der Waals surface area contributed by atoms with E-state index in [0.717, 1.165) is 10.9 Å². The van der Waals surface area contributed by atoms with E-state index in [1.54, 1.807) is 10.8 Å². The second-order valence-corrected chi connectivity index (χ2v) is 6.48. The van der Waals surface area contributed by atoms with E-state index < -0.39 is 16.7 Å². The summed E-state index contributed by atoms with van der Waals surface area (Å²) in [5.74, 6) is -1.11. The summed E-state index contributed by atoms with van der Waals surface area (Å²) in [7, 11) is 0. The summed E-state index contributed by atoms with van der Waals surface area (Å²) in [6.45, 7) is 0.0197. The molecule has 10 nitrogen and oxygen atoms in total. The molecule has 2 amide bonds. The molecule has 150 valence electrons. The molecule has 4 rings (SSSR count). The molecule has 0 bridgehead atoms. The fraction of sp³-hybridized carbons (Fsp3) is 0.0500. The van der Waals surface area contributed by atoms with Crippen LogP contribution in [0.4, 0.5) is 5.69 Å². The van der Waals surface area contributed by atoms with Gasteiger partial charge in [-0.15, -0.1) is 0 Å². The Labute approximate surface area is 168 Å². The fourth-order valence-electron chi connectivity index (χ4n) is 3.15. The molecule has 0 saturated heterocycles. The zero-order chi connectivity index (χ0) is 21.3. The average molecular weight is 405 g/mol. The molecule has 2 heterocycles. The van der Waals surface area contributed by atoms with Gasteiger partial charge in [0, 0.05) is 40.2 Å². The number of rotatable bonds is 6. The first-order valence-electron chi connectivity index (χ1n) is 8.80. The van der Waals surface area contributed by atoms with Crippen molar-refractivity contribution in [2.24, 2.45) is 10.8 Å². The normalized spacial score (nSPS) is 11.3. The number of primary amides is 1. The maximum atomic E-state index is 12.3. The quantitative estimate of drug-likeness (QED) is 0.287. The van der Waals surface area contributed by atoms with Gasteiger partial charge in [-0.2, -0.15) is 5.10 Å². The number of aromatic nitrogens is 1. The maximum absolute atomic E-state index is 12.3. The average Bonchev–Trinajstić information content (AvgIpc) is 3.29. The molecule has 0 aliphatic rings. The summed E-state index contributed by atoms with van der Waals surface area (Å²) in [5, 5.41) is 16.1. The molecule has 2 aromatic heterocycles. The summed E-state index contributed by atoms with van der Waals surface area (Å²) in [6, 6.07) is 12.9. The number of carbonyl (C=O) groups excluding carboxylic acids is 2. The van der Waals surface area contributed by atoms with Gasteiger partial charge in [0.15, 0.2) is 5.76 Å². The number of para-hydroxylation sites is 1. The van der Waals surface area contributed by atoms with Crippen molar-refractivity contribution in [1.82, 2.24) is 9.99 Å². The van der Waals surface area contributed by atoms with Gasteiger partial charge < -0.3 is 14.7 Å². The molecular formula is C20H15N5O5. The molecule has 0 spiro atoms. The lowest BCUT2D eigenvalue weighted by molar-refractivity contribution is -0.384. The van der Waals surface area contributed by atoms with Gasteiger partial charge in [-0.3, -0.25) is 19.7 Å². The second kappa shape index (κ2) is 7.51. The van der Waals surface area contributed by atoms with Gasteiger partial charge in [0.05, 0.1) is 11.1 Å². The molecule has 4 aromatic rings. The Morgan fingerprint density at radius 3 is 2.80 bits per heavy atom. The number of hydrazone groups is 1. The summed E-state index contributed by atoms with van der Waals surface area (Å²) in [5.41, 5.74) is 9.40. The van der Waals surface area contributed by atoms with E-state index >= 15 is 0 Å². The van der Waals surface area contributed by atoms with Crippen molar-refractivity contribution in [3.8, 4) is 0 Å². The molecule has 0 aliphatic carbocycles. The molecule has 0 saturated carbocycles. The molecule has 0 fully saturated rings. The first kappa shape index (κ1) is 18.9. The predicted molar refractivity (Wildman–Crippen MR) is 109 cm³/mol. The molecule has 3 N–H and O–H groups in total. The Bertz CT molecular complexity index is 1330. The van der Waals surface area contributed by atoms with Crippen molar-refractivity contribution in [2.45, 2.75) is 6.54 Å². The molecule has 0 radical (unpaired) electrons. The topological polar surface area (TPSA) is 146 Å². The number of fused-ring (bicyclic) bond motifs is 2. The van der Waals surface area contributed by atoms with Crippen LogP contribution in [-0.4, -0.2) is 27.5 Å². The smallest absolute Gasteiger partial charge is 0.307 e. The highest BCUT2D eigenvalue weighted by Crippen LogP contribution is 2.24. The molecule has 10 heteroatoms. The number of carbonyl (C=O) groups is 2. The summed E-state index contributed by atoms with van der Waals surface area (Å²) in [6.07, 6.45) is 3.16. The van der Waals surface area contributed by atoms with Crippen molar-refractivity contribution in [1.29, 1.82) is 0 Å². The molecule has 30 heavy (non-hydrogen) atoms. The lowest BCUT2D eigenvalue weighted by Gasteiger charge is -2.00. The third kappa shape index (κ3) is 3.61. The van der Waals surface area contributed by atoms with E-state index in [2.05, 4.69) is 10.5 Å². The highest BCUT2D eigenvalue weighted by atomic mass is 16.6. The number of nitrogens with zero attached hydrogens (tertiary/aromatic N) is 3. The van der Waals surface area contributed by atoms with Gasteiger partial charge in [0.2, 0.25) is 5.91 Å². The van der Waals surface area contributed by atoms with Crippen LogP contribution in [0.15, 0.2) is 64.2 Å². The van der Waals surface area contributed by atoms with Crippen molar-refractivity contribution in [3.63, 3.8) is 0 Å². The first-order valence-corrected chi connectivity index (χ1v) is 8.80. The minimum absolute atomic E-state index is 0.0197. The molecule has 0 aliphatic heterocycles. The molecule has 0 unspecified atom stereocenters. The minimum Gasteiger partial charge on any atom is -0.451 e. The third-order valence-corrected chi connectivity index (χ3v) is 4.45. The first-order chi connectivity index (χ1) is 14.4. The Balaban J connectivity index is 1.55. The number of furan rings is 1. The number of hydrogen-bond acceptors (Lipinski definition) is 6. The zero-order valence-corrected chi connectivity index (χ0v) is 15.4. The Morgan fingerprint density at radius 2 is 2.03 bits per heavy atom. The molecular weight excluding hydrogens is 390 g/mol. The van der Waals surface area contributed by atoms with Gasteiger partial charge in [-0.05, 0) is 18.2 Å². The Hall–Kier alpha value is -4.47. The third-order valence-electron chi connectivity index (χ3n) is 4.45. The largest absolute Gasteiger partial charge is 0.451 e. The Morgan fingerprint density at radius 1 is 1.23 bits per heavy atom. The minimum atomic E-state index is -0.606. The lowest BCUT2D eigenvalue weighted by atomic mass is 10.2. The lowest BCUT2D eigenvalue weighted by Crippen LogP contribution is -2.18. The zero-order valence-electron chi connectivity index (χ0n) is 15.4. The van der Waals surface area contributed by atoms with E-state index in [-0.39, 0.29) is 18.0 Å². The second-order valence-electron chi connectivity index (χ2n) is 6.48. The van der Waals surface area contributed by atoms with Gasteiger partial charge in [-0.25, -0.2) is 5.43 Å². The van der Waals surface area contributed by atoms with E-state index in [9.17, 15) is 19.7 Å². The summed E-state index contributed by atoms with van der Waals surface area (Å²) in [4.78, 5) is 33.9. The van der Waals surface area contributed by atoms with Crippen molar-refractivity contribution >= 4 is 45.6 Å². The Kier molecular flexibility index (Phi) is 4.72. The number of hydrogen-bond donors (Lipinski definition) is 2. The number of benzene rings is 2. The van der Waals surface area contributed by atoms with E-state index in [1.165, 1.54) is 30.5 Å². The van der Waals surface area contributed by atoms with Crippen LogP contribution in [0.5, 0.6) is 0 Å². The number of non-ortho nitro benzene ring substituents is 1. The fourth-order valence-corrected chi connectivity index (χ4v) is 3.15. The van der Waals surface area contributed by atoms with Crippen LogP contribution in [0.2, 0.25) is 0 Å². The van der Waals surface area contributed by atoms with Gasteiger partial charge in [0.25, 0.3) is 5.69 Å². The predicted octanol–water partition coefficient (Wildman–Crippen LogP) is 2.54. The van der Waals surface area contributed by atoms with Gasteiger partial charge in [-0.1, -0.05) is 18.2 Å². The van der Waals surface area contributed by atoms with E-state index in [1.807, 2.05) is 24.3 Å². The number of nitro benzene ring substituents is 1. The monoisotopic (exact) mass is 405 g/mol. The molecule has 2 aromatic carbocycles. The number of nitro groups is 1. The van der Waals surface area contributed by atoms with Crippen molar-refractivity contribution in [3.05, 3.63) is 76.2 Å². The van der Waals surface area contributed by atoms with Crippen molar-refractivity contribution in [2.75, 3.05) is 0 Å². The molecule has 0 atom stereocenters. The van der Waals surface area contributed by atoms with Gasteiger partial charge in [0.1, 0.15) is 12.1 Å². The number of nitrogens with one attached hydrogen (secondary N) is 1. The SMILES string of the molecule is NC(=O)Cn1cc(/C=N\NC(=O)c2cc3cc([N+](=O)[O-])ccc3o2)c2ccccc21. The van der Waals surface area contributed by atoms with Crippen LogP contribution in [0, 0.1) is 10.1 Å². The van der Waals surface area contributed by atoms with Crippen LogP contribution in [-0.2, 0) is 11.3 Å². The summed E-state index contributed by atoms with van der Waals surface area (Å²) < 4.78 is 7.12. The van der Waals surface area contributed by atoms with Crippen LogP contribution in [0.25, 0.3) is 21.9 Å². The summed E-state index contributed by atoms with van der Waals surface area (Å²) >= 11 is 0. The van der Waals surface area contributed by atoms with E-state index in [4.69, 9.17) is 10.2 Å². The van der Waals surface area contributed by atoms with Crippen LogP contribution < -0.4 is 11.2 Å². The number of nitrogens with two attached hydrogens (primary N) is 1. The van der Waals surface area contributed by atoms with Crippen LogP contribution in [0.1, 0.15) is 16.1 Å². The van der Waals surface area contributed by atoms with E-state index in [0.29, 0.717) is 16.5 Å². The highest BCUT2D eigenvalue weighted by Gasteiger charge is 2.15. The van der Waals surface area contributed by atoms with Crippen molar-refractivity contribution < 1.29 is 18.9 Å². The maximum Gasteiger partial charge on any atom is 0.307 e. The highest BCUT2D eigenvalue weighted by molar-refractivity contribution is 6.01. The standard InChI is InChI=1S/C20H15N5O5/c21-19(26)11-24-10-13(15-3-1-2-4-16(15)24)9-22-23-20(27)18-8-12-7-14(25(28)29)5-6-17(12)30-18/h1-10H,11H2,(H2,21,26)(H,23,27)/b22-9-. The number of amides is 2.